The molecule has 0 spiro atoms. The fourth-order valence-corrected chi connectivity index (χ4v) is 0.358. The number of nitrogens with zero attached hydrogens (tertiary/aromatic N) is 1. The summed E-state index contributed by atoms with van der Waals surface area (Å²) in [4.78, 5) is 9.51. The number of hydrogen-bond donors (Lipinski definition) is 2. The standard InChI is InChI=1S/C4H6O2.C3H4N2/c1-2-3-4(5)6;1-2-4-5-3-1/h2-3H,1H3,(H,5,6);1-3H,(H,4,5)/b3-2+;. The van der Waals surface area contributed by atoms with E-state index < -0.39 is 5.97 Å². The van der Waals surface area contributed by atoms with Crippen LogP contribution in [0.4, 0.5) is 0 Å². The molecule has 2 N–H and O–H groups in total. The van der Waals surface area contributed by atoms with Gasteiger partial charge in [0, 0.05) is 18.5 Å². The van der Waals surface area contributed by atoms with Gasteiger partial charge in [-0.2, -0.15) is 5.10 Å². The van der Waals surface area contributed by atoms with Gasteiger partial charge in [-0.3, -0.25) is 5.10 Å². The molecule has 1 aromatic heterocycles. The second-order valence-electron chi connectivity index (χ2n) is 1.60. The molecule has 0 aliphatic heterocycles. The molecule has 0 saturated heterocycles. The van der Waals surface area contributed by atoms with E-state index in [0.717, 1.165) is 6.08 Å². The van der Waals surface area contributed by atoms with E-state index in [0.29, 0.717) is 0 Å². The minimum absolute atomic E-state index is 0.891. The number of carboxylic acid groups (broad SMARTS) is 1. The Hall–Kier alpha value is -1.58. The van der Waals surface area contributed by atoms with Crippen LogP contribution < -0.4 is 0 Å². The van der Waals surface area contributed by atoms with Gasteiger partial charge in [-0.1, -0.05) is 6.08 Å². The van der Waals surface area contributed by atoms with Crippen molar-refractivity contribution in [3.63, 3.8) is 0 Å². The van der Waals surface area contributed by atoms with Crippen LogP contribution in [0.3, 0.4) is 0 Å². The van der Waals surface area contributed by atoms with Crippen molar-refractivity contribution in [2.75, 3.05) is 0 Å². The summed E-state index contributed by atoms with van der Waals surface area (Å²) in [5.41, 5.74) is 0. The van der Waals surface area contributed by atoms with E-state index in [9.17, 15) is 4.79 Å². The van der Waals surface area contributed by atoms with Crippen molar-refractivity contribution in [3.05, 3.63) is 30.6 Å². The molecule has 0 aliphatic rings. The van der Waals surface area contributed by atoms with Crippen LogP contribution in [-0.4, -0.2) is 21.3 Å². The lowest BCUT2D eigenvalue weighted by Crippen LogP contribution is -1.83. The molecule has 1 rings (SSSR count). The third kappa shape index (κ3) is 8.42. The Morgan fingerprint density at radius 3 is 2.55 bits per heavy atom. The summed E-state index contributed by atoms with van der Waals surface area (Å²) < 4.78 is 0. The van der Waals surface area contributed by atoms with Gasteiger partial charge >= 0.3 is 5.97 Å². The molecule has 4 nitrogen and oxygen atoms in total. The molecule has 0 aromatic carbocycles. The second-order valence-corrected chi connectivity index (χ2v) is 1.60. The van der Waals surface area contributed by atoms with Gasteiger partial charge in [-0.05, 0) is 13.0 Å². The third-order valence-corrected chi connectivity index (χ3v) is 0.715. The van der Waals surface area contributed by atoms with E-state index in [1.165, 1.54) is 6.08 Å². The highest BCUT2D eigenvalue weighted by molar-refractivity contribution is 5.79. The number of hydrogen-bond acceptors (Lipinski definition) is 2. The van der Waals surface area contributed by atoms with Crippen LogP contribution >= 0.6 is 0 Å². The first kappa shape index (κ1) is 9.42. The van der Waals surface area contributed by atoms with Crippen molar-refractivity contribution in [1.82, 2.24) is 10.2 Å². The monoisotopic (exact) mass is 154 g/mol. The summed E-state index contributed by atoms with van der Waals surface area (Å²) in [5, 5.41) is 14.0. The molecule has 0 aliphatic carbocycles. The topological polar surface area (TPSA) is 66.0 Å². The van der Waals surface area contributed by atoms with Crippen LogP contribution in [-0.2, 0) is 4.79 Å². The summed E-state index contributed by atoms with van der Waals surface area (Å²) >= 11 is 0. The first-order valence-corrected chi connectivity index (χ1v) is 3.06. The Morgan fingerprint density at radius 2 is 2.45 bits per heavy atom. The van der Waals surface area contributed by atoms with Crippen LogP contribution in [0.15, 0.2) is 30.6 Å². The molecule has 1 aromatic rings. The zero-order chi connectivity index (χ0) is 8.53. The highest BCUT2D eigenvalue weighted by atomic mass is 16.4. The number of nitrogens with one attached hydrogen (secondary N) is 1. The molecule has 0 atom stereocenters. The van der Waals surface area contributed by atoms with Crippen molar-refractivity contribution in [3.8, 4) is 0 Å². The van der Waals surface area contributed by atoms with Gasteiger partial charge in [0.05, 0.1) is 0 Å². The normalized spacial score (nSPS) is 8.82. The predicted octanol–water partition coefficient (Wildman–Crippen LogP) is 1.06. The van der Waals surface area contributed by atoms with Crippen LogP contribution in [0.25, 0.3) is 0 Å². The molecule has 0 fully saturated rings. The van der Waals surface area contributed by atoms with E-state index in [1.54, 1.807) is 19.3 Å². The lowest BCUT2D eigenvalue weighted by molar-refractivity contribution is -0.131. The van der Waals surface area contributed by atoms with Gasteiger partial charge in [-0.25, -0.2) is 4.79 Å². The molecule has 60 valence electrons. The van der Waals surface area contributed by atoms with E-state index in [1.807, 2.05) is 6.07 Å². The minimum atomic E-state index is -0.891. The Labute approximate surface area is 64.6 Å². The summed E-state index contributed by atoms with van der Waals surface area (Å²) in [6, 6.07) is 1.83. The summed E-state index contributed by atoms with van der Waals surface area (Å²) in [5.74, 6) is -0.891. The fourth-order valence-electron chi connectivity index (χ4n) is 0.358. The van der Waals surface area contributed by atoms with Crippen molar-refractivity contribution in [1.29, 1.82) is 0 Å². The zero-order valence-corrected chi connectivity index (χ0v) is 6.19. The lowest BCUT2D eigenvalue weighted by atomic mass is 10.5. The maximum Gasteiger partial charge on any atom is 0.327 e. The summed E-state index contributed by atoms with van der Waals surface area (Å²) in [6.45, 7) is 1.66. The van der Waals surface area contributed by atoms with Gasteiger partial charge in [0.2, 0.25) is 0 Å². The van der Waals surface area contributed by atoms with Crippen LogP contribution in [0.1, 0.15) is 6.92 Å². The van der Waals surface area contributed by atoms with Gasteiger partial charge in [-0.15, -0.1) is 0 Å². The predicted molar refractivity (Wildman–Crippen MR) is 41.0 cm³/mol. The first-order valence-electron chi connectivity index (χ1n) is 3.06. The number of carbonyl (C=O) groups is 1. The van der Waals surface area contributed by atoms with E-state index in [4.69, 9.17) is 5.11 Å². The smallest absolute Gasteiger partial charge is 0.327 e. The number of carboxylic acids is 1. The Kier molecular flexibility index (Phi) is 5.60. The number of rotatable bonds is 1. The summed E-state index contributed by atoms with van der Waals surface area (Å²) in [7, 11) is 0. The van der Waals surface area contributed by atoms with E-state index in [-0.39, 0.29) is 0 Å². The van der Waals surface area contributed by atoms with Crippen LogP contribution in [0.5, 0.6) is 0 Å². The average molecular weight is 154 g/mol. The Morgan fingerprint density at radius 1 is 1.73 bits per heavy atom. The zero-order valence-electron chi connectivity index (χ0n) is 6.19. The van der Waals surface area contributed by atoms with Crippen LogP contribution in [0.2, 0.25) is 0 Å². The van der Waals surface area contributed by atoms with E-state index in [2.05, 4.69) is 10.2 Å². The van der Waals surface area contributed by atoms with Gasteiger partial charge < -0.3 is 5.11 Å². The molecular weight excluding hydrogens is 144 g/mol. The van der Waals surface area contributed by atoms with Crippen molar-refractivity contribution >= 4 is 5.97 Å². The molecule has 11 heavy (non-hydrogen) atoms. The fraction of sp³-hybridized carbons (Fsp3) is 0.143. The van der Waals surface area contributed by atoms with Crippen molar-refractivity contribution in [2.24, 2.45) is 0 Å². The lowest BCUT2D eigenvalue weighted by Gasteiger charge is -1.68. The highest BCUT2D eigenvalue weighted by Crippen LogP contribution is 1.65. The van der Waals surface area contributed by atoms with E-state index >= 15 is 0 Å². The number of H-pyrrole nitrogens is 1. The molecule has 1 heterocycles. The van der Waals surface area contributed by atoms with Crippen molar-refractivity contribution < 1.29 is 9.90 Å². The van der Waals surface area contributed by atoms with Crippen molar-refractivity contribution in [2.45, 2.75) is 6.92 Å². The molecule has 0 radical (unpaired) electrons. The number of aromatic nitrogens is 2. The first-order chi connectivity index (χ1) is 5.27. The molecule has 4 heteroatoms. The molecule has 0 bridgehead atoms. The SMILES string of the molecule is C/C=C/C(=O)O.c1cn[nH]c1. The highest BCUT2D eigenvalue weighted by Gasteiger charge is 1.76. The quantitative estimate of drug-likeness (QED) is 0.594. The molecule has 0 unspecified atom stereocenters. The third-order valence-electron chi connectivity index (χ3n) is 0.715. The second kappa shape index (κ2) is 6.54. The molecular formula is C7H10N2O2. The minimum Gasteiger partial charge on any atom is -0.478 e. The molecule has 0 saturated carbocycles. The Balaban J connectivity index is 0.000000183. The summed E-state index contributed by atoms with van der Waals surface area (Å²) in [6.07, 6.45) is 6.02. The average Bonchev–Trinajstić information content (AvgIpc) is 2.41. The maximum absolute atomic E-state index is 9.51. The van der Waals surface area contributed by atoms with Gasteiger partial charge in [0.15, 0.2) is 0 Å². The number of allylic oxidation sites excluding steroid dienone is 1. The number of aliphatic carboxylic acids is 1. The van der Waals surface area contributed by atoms with Gasteiger partial charge in [0.25, 0.3) is 0 Å². The number of aromatic amines is 1. The largest absolute Gasteiger partial charge is 0.478 e. The Bertz CT molecular complexity index is 187. The van der Waals surface area contributed by atoms with Gasteiger partial charge in [0.1, 0.15) is 0 Å². The maximum atomic E-state index is 9.51. The van der Waals surface area contributed by atoms with Crippen LogP contribution in [0, 0.1) is 0 Å². The molecule has 0 amide bonds.